The highest BCUT2D eigenvalue weighted by Gasteiger charge is 2.08. The zero-order chi connectivity index (χ0) is 17.8. The maximum absolute atomic E-state index is 12.1. The number of fused-ring (bicyclic) bond motifs is 1. The van der Waals surface area contributed by atoms with Crippen LogP contribution in [0.4, 0.5) is 0 Å². The Hall–Kier alpha value is -2.67. The maximum atomic E-state index is 12.1. The molecule has 2 aromatic heterocycles. The summed E-state index contributed by atoms with van der Waals surface area (Å²) in [5.41, 5.74) is 1.68. The first-order valence-electron chi connectivity index (χ1n) is 7.54. The van der Waals surface area contributed by atoms with Gasteiger partial charge in [0.05, 0.1) is 5.69 Å². The molecule has 7 heteroatoms. The van der Waals surface area contributed by atoms with E-state index in [4.69, 9.17) is 9.47 Å². The van der Waals surface area contributed by atoms with Crippen LogP contribution in [0.3, 0.4) is 0 Å². The standard InChI is InChI=1S/C18H15BrN2O4/c1-12-5-6-21-16(7-12)20-14(9-17(21)22)10-25-18(23)11-24-15-4-2-3-13(19)8-15/h2-9H,10-11H2,1H3. The van der Waals surface area contributed by atoms with Crippen molar-refractivity contribution in [3.05, 3.63) is 74.7 Å². The lowest BCUT2D eigenvalue weighted by Crippen LogP contribution is -2.18. The largest absolute Gasteiger partial charge is 0.482 e. The molecule has 0 atom stereocenters. The molecule has 6 nitrogen and oxygen atoms in total. The minimum absolute atomic E-state index is 0.0830. The van der Waals surface area contributed by atoms with Crippen molar-refractivity contribution in [2.45, 2.75) is 13.5 Å². The summed E-state index contributed by atoms with van der Waals surface area (Å²) < 4.78 is 12.8. The van der Waals surface area contributed by atoms with Gasteiger partial charge in [-0.2, -0.15) is 0 Å². The second-order valence-electron chi connectivity index (χ2n) is 5.42. The number of hydrogen-bond acceptors (Lipinski definition) is 5. The van der Waals surface area contributed by atoms with E-state index in [1.54, 1.807) is 30.5 Å². The molecule has 0 amide bonds. The Morgan fingerprint density at radius 1 is 1.24 bits per heavy atom. The number of benzene rings is 1. The Labute approximate surface area is 152 Å². The lowest BCUT2D eigenvalue weighted by molar-refractivity contribution is -0.147. The summed E-state index contributed by atoms with van der Waals surface area (Å²) in [5, 5.41) is 0. The van der Waals surface area contributed by atoms with Crippen LogP contribution in [0.15, 0.2) is 57.9 Å². The highest BCUT2D eigenvalue weighted by atomic mass is 79.9. The molecule has 0 radical (unpaired) electrons. The summed E-state index contributed by atoms with van der Waals surface area (Å²) in [6.45, 7) is 1.61. The topological polar surface area (TPSA) is 69.9 Å². The molecular weight excluding hydrogens is 388 g/mol. The molecule has 0 N–H and O–H groups in total. The number of rotatable bonds is 5. The highest BCUT2D eigenvalue weighted by Crippen LogP contribution is 2.17. The van der Waals surface area contributed by atoms with E-state index in [0.717, 1.165) is 10.0 Å². The molecule has 2 heterocycles. The van der Waals surface area contributed by atoms with E-state index in [0.29, 0.717) is 17.1 Å². The molecular formula is C18H15BrN2O4. The third kappa shape index (κ3) is 4.45. The first kappa shape index (κ1) is 17.2. The van der Waals surface area contributed by atoms with Gasteiger partial charge in [0.1, 0.15) is 18.0 Å². The molecule has 3 rings (SSSR count). The molecule has 0 bridgehead atoms. The van der Waals surface area contributed by atoms with Crippen LogP contribution in [0.2, 0.25) is 0 Å². The zero-order valence-corrected chi connectivity index (χ0v) is 15.0. The Balaban J connectivity index is 1.62. The van der Waals surface area contributed by atoms with Crippen LogP contribution in [0.1, 0.15) is 11.3 Å². The summed E-state index contributed by atoms with van der Waals surface area (Å²) >= 11 is 3.33. The Morgan fingerprint density at radius 3 is 2.88 bits per heavy atom. The molecule has 0 aliphatic carbocycles. The number of esters is 1. The first-order chi connectivity index (χ1) is 12.0. The van der Waals surface area contributed by atoms with Crippen LogP contribution in [0.5, 0.6) is 5.75 Å². The smallest absolute Gasteiger partial charge is 0.344 e. The number of carbonyl (C=O) groups excluding carboxylic acids is 1. The Kier molecular flexibility index (Phi) is 5.14. The maximum Gasteiger partial charge on any atom is 0.344 e. The predicted octanol–water partition coefficient (Wildman–Crippen LogP) is 2.89. The fraction of sp³-hybridized carbons (Fsp3) is 0.167. The average molecular weight is 403 g/mol. The van der Waals surface area contributed by atoms with E-state index in [1.807, 2.05) is 19.1 Å². The number of aromatic nitrogens is 2. The van der Waals surface area contributed by atoms with Crippen molar-refractivity contribution in [1.82, 2.24) is 9.38 Å². The van der Waals surface area contributed by atoms with Crippen LogP contribution in [-0.2, 0) is 16.1 Å². The molecule has 0 saturated heterocycles. The number of nitrogens with zero attached hydrogens (tertiary/aromatic N) is 2. The van der Waals surface area contributed by atoms with E-state index < -0.39 is 5.97 Å². The average Bonchev–Trinajstić information content (AvgIpc) is 2.58. The minimum atomic E-state index is -0.536. The van der Waals surface area contributed by atoms with Crippen molar-refractivity contribution in [1.29, 1.82) is 0 Å². The molecule has 128 valence electrons. The van der Waals surface area contributed by atoms with Gasteiger partial charge in [-0.1, -0.05) is 22.0 Å². The Bertz CT molecular complexity index is 984. The van der Waals surface area contributed by atoms with Crippen LogP contribution >= 0.6 is 15.9 Å². The Morgan fingerprint density at radius 2 is 2.08 bits per heavy atom. The highest BCUT2D eigenvalue weighted by molar-refractivity contribution is 9.10. The van der Waals surface area contributed by atoms with Crippen LogP contribution in [0.25, 0.3) is 5.65 Å². The molecule has 0 saturated carbocycles. The van der Waals surface area contributed by atoms with Crippen LogP contribution in [-0.4, -0.2) is 22.0 Å². The number of ether oxygens (including phenoxy) is 2. The molecule has 1 aromatic carbocycles. The number of carbonyl (C=O) groups is 1. The van der Waals surface area contributed by atoms with Crippen molar-refractivity contribution < 1.29 is 14.3 Å². The van der Waals surface area contributed by atoms with Gasteiger partial charge in [0.2, 0.25) is 0 Å². The third-order valence-corrected chi connectivity index (χ3v) is 3.90. The lowest BCUT2D eigenvalue weighted by atomic mass is 10.3. The summed E-state index contributed by atoms with van der Waals surface area (Å²) in [7, 11) is 0. The molecule has 3 aromatic rings. The molecule has 0 spiro atoms. The normalized spacial score (nSPS) is 10.6. The van der Waals surface area contributed by atoms with Gasteiger partial charge in [0.25, 0.3) is 5.56 Å². The second kappa shape index (κ2) is 7.48. The van der Waals surface area contributed by atoms with Crippen LogP contribution in [0, 0.1) is 6.92 Å². The van der Waals surface area contributed by atoms with Crippen molar-refractivity contribution in [3.63, 3.8) is 0 Å². The van der Waals surface area contributed by atoms with Gasteiger partial charge in [-0.3, -0.25) is 9.20 Å². The SMILES string of the molecule is Cc1ccn2c(=O)cc(COC(=O)COc3cccc(Br)c3)nc2c1. The number of pyridine rings is 1. The number of aryl methyl sites for hydroxylation is 1. The molecule has 0 aliphatic rings. The fourth-order valence-corrected chi connectivity index (χ4v) is 2.60. The van der Waals surface area contributed by atoms with Gasteiger partial charge in [0, 0.05) is 16.7 Å². The first-order valence-corrected chi connectivity index (χ1v) is 8.33. The van der Waals surface area contributed by atoms with Crippen molar-refractivity contribution in [3.8, 4) is 5.75 Å². The summed E-state index contributed by atoms with van der Waals surface area (Å²) in [6.07, 6.45) is 1.67. The molecule has 0 fully saturated rings. The molecule has 25 heavy (non-hydrogen) atoms. The van der Waals surface area contributed by atoms with E-state index in [2.05, 4.69) is 20.9 Å². The minimum Gasteiger partial charge on any atom is -0.482 e. The summed E-state index contributed by atoms with van der Waals surface area (Å²) in [4.78, 5) is 28.2. The van der Waals surface area contributed by atoms with Gasteiger partial charge in [-0.05, 0) is 42.8 Å². The number of halogens is 1. The molecule has 0 aliphatic heterocycles. The third-order valence-electron chi connectivity index (χ3n) is 3.41. The van der Waals surface area contributed by atoms with Crippen LogP contribution < -0.4 is 10.3 Å². The van der Waals surface area contributed by atoms with Gasteiger partial charge in [0.15, 0.2) is 6.61 Å². The van der Waals surface area contributed by atoms with Crippen molar-refractivity contribution >= 4 is 27.5 Å². The van der Waals surface area contributed by atoms with E-state index in [1.165, 1.54) is 10.5 Å². The number of hydrogen-bond donors (Lipinski definition) is 0. The van der Waals surface area contributed by atoms with Crippen molar-refractivity contribution in [2.24, 2.45) is 0 Å². The quantitative estimate of drug-likeness (QED) is 0.613. The van der Waals surface area contributed by atoms with Crippen molar-refractivity contribution in [2.75, 3.05) is 6.61 Å². The lowest BCUT2D eigenvalue weighted by Gasteiger charge is -2.08. The van der Waals surface area contributed by atoms with Gasteiger partial charge in [-0.25, -0.2) is 9.78 Å². The zero-order valence-electron chi connectivity index (χ0n) is 13.4. The second-order valence-corrected chi connectivity index (χ2v) is 6.34. The molecule has 0 unspecified atom stereocenters. The van der Waals surface area contributed by atoms with Gasteiger partial charge in [-0.15, -0.1) is 0 Å². The summed E-state index contributed by atoms with van der Waals surface area (Å²) in [5.74, 6) is 0.0232. The van der Waals surface area contributed by atoms with Gasteiger partial charge >= 0.3 is 5.97 Å². The predicted molar refractivity (Wildman–Crippen MR) is 95.6 cm³/mol. The van der Waals surface area contributed by atoms with Gasteiger partial charge < -0.3 is 9.47 Å². The van der Waals surface area contributed by atoms with E-state index in [-0.39, 0.29) is 18.8 Å². The fourth-order valence-electron chi connectivity index (χ4n) is 2.22. The van der Waals surface area contributed by atoms with E-state index >= 15 is 0 Å². The van der Waals surface area contributed by atoms with E-state index in [9.17, 15) is 9.59 Å². The monoisotopic (exact) mass is 402 g/mol. The summed E-state index contributed by atoms with van der Waals surface area (Å²) in [6, 6.07) is 12.1.